The number of fused-ring (bicyclic) bond motifs is 1. The molecule has 1 saturated heterocycles. The molecule has 11 nitrogen and oxygen atoms in total. The highest BCUT2D eigenvalue weighted by atomic mass is 32.2. The van der Waals surface area contributed by atoms with Gasteiger partial charge in [-0.2, -0.15) is 11.8 Å². The first-order valence-electron chi connectivity index (χ1n) is 15.0. The first-order chi connectivity index (χ1) is 21.3. The van der Waals surface area contributed by atoms with Crippen LogP contribution >= 0.6 is 11.8 Å². The van der Waals surface area contributed by atoms with Gasteiger partial charge in [0.15, 0.2) is 6.23 Å². The van der Waals surface area contributed by atoms with Gasteiger partial charge in [0.25, 0.3) is 0 Å². The van der Waals surface area contributed by atoms with Crippen LogP contribution in [0.2, 0.25) is 0 Å². The fourth-order valence-electron chi connectivity index (χ4n) is 5.35. The number of rotatable bonds is 15. The molecular formula is C32H45N3O8S2. The Labute approximate surface area is 270 Å². The zero-order valence-corrected chi connectivity index (χ0v) is 27.6. The maximum Gasteiger partial charge on any atom is 0.325 e. The number of hydrogen-bond donors (Lipinski definition) is 5. The summed E-state index contributed by atoms with van der Waals surface area (Å²) in [6, 6.07) is -1.28. The third kappa shape index (κ3) is 10.7. The standard InChI is InChI=1S/C32H45N3O8S2/c1-5-9-24-15-25(23-10-7-6-8-11-23)26-16-28(44-4)27(17-29(26)45(40,41)35-24)42-19-30(33)43-18-22(13-12-20(2)36)14-31(37)34-21(3)32(38)39/h7,10-13,16-18,21,24-25,27-28,30,35-36H,2,5-6,8-9,14-15,19,33H2,1,3-4H3,(H,34,37)(H,38,39)/b13-12-,22-18-/t21-,24?,25?,27?,28?,30?/m0/s1. The molecule has 0 aromatic rings. The minimum Gasteiger partial charge on any atom is -0.509 e. The molecule has 2 aliphatic carbocycles. The molecule has 0 spiro atoms. The van der Waals surface area contributed by atoms with Gasteiger partial charge in [0.2, 0.25) is 15.9 Å². The molecule has 0 aromatic heterocycles. The average Bonchev–Trinajstić information content (AvgIpc) is 3.10. The molecule has 1 heterocycles. The number of carboxylic acid groups (broad SMARTS) is 1. The van der Waals surface area contributed by atoms with E-state index in [1.54, 1.807) is 17.8 Å². The third-order valence-corrected chi connectivity index (χ3v) is 10.1. The lowest BCUT2D eigenvalue weighted by molar-refractivity contribution is -0.141. The summed E-state index contributed by atoms with van der Waals surface area (Å²) in [7, 11) is -3.81. The second-order valence-electron chi connectivity index (χ2n) is 11.2. The molecule has 0 saturated carbocycles. The van der Waals surface area contributed by atoms with Crippen molar-refractivity contribution in [3.8, 4) is 0 Å². The largest absolute Gasteiger partial charge is 0.509 e. The second kappa shape index (κ2) is 17.0. The smallest absolute Gasteiger partial charge is 0.325 e. The predicted octanol–water partition coefficient (Wildman–Crippen LogP) is 4.10. The molecular weight excluding hydrogens is 618 g/mol. The molecule has 3 rings (SSSR count). The fourth-order valence-corrected chi connectivity index (χ4v) is 7.67. The summed E-state index contributed by atoms with van der Waals surface area (Å²) in [5.74, 6) is -2.07. The van der Waals surface area contributed by atoms with Crippen LogP contribution < -0.4 is 15.8 Å². The number of aliphatic hydroxyl groups is 1. The lowest BCUT2D eigenvalue weighted by Gasteiger charge is -2.31. The maximum absolute atomic E-state index is 13.6. The van der Waals surface area contributed by atoms with Gasteiger partial charge in [0.1, 0.15) is 11.8 Å². The summed E-state index contributed by atoms with van der Waals surface area (Å²) in [4.78, 5) is 23.6. The first-order valence-corrected chi connectivity index (χ1v) is 17.8. The molecule has 0 radical (unpaired) electrons. The second-order valence-corrected chi connectivity index (χ2v) is 13.9. The molecule has 1 amide bonds. The molecule has 0 aromatic carbocycles. The lowest BCUT2D eigenvalue weighted by Crippen LogP contribution is -2.38. The molecule has 1 aliphatic heterocycles. The van der Waals surface area contributed by atoms with Crippen LogP contribution in [0, 0.1) is 5.92 Å². The number of nitrogens with one attached hydrogen (secondary N) is 2. The van der Waals surface area contributed by atoms with Crippen LogP contribution in [0.1, 0.15) is 52.4 Å². The number of aliphatic hydroxyl groups excluding tert-OH is 1. The van der Waals surface area contributed by atoms with Crippen LogP contribution in [0.4, 0.5) is 0 Å². The van der Waals surface area contributed by atoms with Crippen LogP contribution in [0.5, 0.6) is 0 Å². The van der Waals surface area contributed by atoms with E-state index < -0.39 is 40.3 Å². The number of carbonyl (C=O) groups is 2. The van der Waals surface area contributed by atoms with Crippen molar-refractivity contribution < 1.29 is 37.7 Å². The number of nitrogens with two attached hydrogens (primary N) is 1. The summed E-state index contributed by atoms with van der Waals surface area (Å²) in [5.41, 5.74) is 8.39. The van der Waals surface area contributed by atoms with Crippen molar-refractivity contribution >= 4 is 33.7 Å². The minimum atomic E-state index is -3.81. The van der Waals surface area contributed by atoms with E-state index in [9.17, 15) is 23.1 Å². The van der Waals surface area contributed by atoms with Gasteiger partial charge in [-0.1, -0.05) is 50.3 Å². The molecule has 248 valence electrons. The van der Waals surface area contributed by atoms with Gasteiger partial charge in [-0.15, -0.1) is 0 Å². The summed E-state index contributed by atoms with van der Waals surface area (Å²) in [6.45, 7) is 6.66. The van der Waals surface area contributed by atoms with Crippen molar-refractivity contribution in [2.45, 2.75) is 82.0 Å². The Morgan fingerprint density at radius 3 is 2.64 bits per heavy atom. The van der Waals surface area contributed by atoms with Crippen molar-refractivity contribution in [1.82, 2.24) is 10.0 Å². The Hall–Kier alpha value is -3.10. The number of aliphatic carboxylic acids is 1. The fraction of sp³-hybridized carbons (Fsp3) is 0.500. The quantitative estimate of drug-likeness (QED) is 0.0974. The minimum absolute atomic E-state index is 0.0578. The Kier molecular flexibility index (Phi) is 13.7. The molecule has 13 heteroatoms. The first kappa shape index (κ1) is 36.4. The number of carboxylic acids is 1. The van der Waals surface area contributed by atoms with Gasteiger partial charge in [0, 0.05) is 12.0 Å². The predicted molar refractivity (Wildman–Crippen MR) is 176 cm³/mol. The normalized spacial score (nSPS) is 26.0. The monoisotopic (exact) mass is 663 g/mol. The summed E-state index contributed by atoms with van der Waals surface area (Å²) in [5, 5.41) is 20.7. The lowest BCUT2D eigenvalue weighted by atomic mass is 9.80. The number of sulfonamides is 1. The molecule has 6 N–H and O–H groups in total. The van der Waals surface area contributed by atoms with Crippen molar-refractivity contribution in [1.29, 1.82) is 0 Å². The highest BCUT2D eigenvalue weighted by Gasteiger charge is 2.40. The summed E-state index contributed by atoms with van der Waals surface area (Å²) >= 11 is 1.55. The number of carbonyl (C=O) groups excluding carboxylic acids is 1. The van der Waals surface area contributed by atoms with Crippen molar-refractivity contribution in [3.05, 3.63) is 82.8 Å². The van der Waals surface area contributed by atoms with Crippen molar-refractivity contribution in [3.63, 3.8) is 0 Å². The molecule has 5 unspecified atom stereocenters. The van der Waals surface area contributed by atoms with E-state index in [2.05, 4.69) is 34.8 Å². The zero-order chi connectivity index (χ0) is 33.1. The van der Waals surface area contributed by atoms with E-state index in [1.807, 2.05) is 19.3 Å². The summed E-state index contributed by atoms with van der Waals surface area (Å²) < 4.78 is 41.9. The van der Waals surface area contributed by atoms with Gasteiger partial charge < -0.3 is 25.0 Å². The zero-order valence-electron chi connectivity index (χ0n) is 26.0. The van der Waals surface area contributed by atoms with E-state index in [4.69, 9.17) is 20.3 Å². The third-order valence-electron chi connectivity index (χ3n) is 7.56. The van der Waals surface area contributed by atoms with Gasteiger partial charge in [-0.25, -0.2) is 13.1 Å². The van der Waals surface area contributed by atoms with Crippen molar-refractivity contribution in [2.24, 2.45) is 11.7 Å². The number of allylic oxidation sites excluding steroid dienone is 7. The number of thioether (sulfide) groups is 1. The Morgan fingerprint density at radius 1 is 1.27 bits per heavy atom. The highest BCUT2D eigenvalue weighted by molar-refractivity contribution is 7.99. The average molecular weight is 664 g/mol. The van der Waals surface area contributed by atoms with Crippen LogP contribution in [0.3, 0.4) is 0 Å². The van der Waals surface area contributed by atoms with E-state index in [0.29, 0.717) is 12.0 Å². The van der Waals surface area contributed by atoms with Crippen LogP contribution in [0.15, 0.2) is 82.8 Å². The molecule has 0 bridgehead atoms. The topological polar surface area (TPSA) is 177 Å². The van der Waals surface area contributed by atoms with Gasteiger partial charge in [-0.3, -0.25) is 15.3 Å². The highest BCUT2D eigenvalue weighted by Crippen LogP contribution is 2.42. The molecule has 6 atom stereocenters. The van der Waals surface area contributed by atoms with E-state index in [-0.39, 0.29) is 40.9 Å². The van der Waals surface area contributed by atoms with Gasteiger partial charge in [-0.05, 0) is 67.7 Å². The molecule has 45 heavy (non-hydrogen) atoms. The van der Waals surface area contributed by atoms with Crippen molar-refractivity contribution in [2.75, 3.05) is 12.9 Å². The van der Waals surface area contributed by atoms with E-state index in [1.165, 1.54) is 25.3 Å². The van der Waals surface area contributed by atoms with Gasteiger partial charge in [0.05, 0.1) is 35.5 Å². The molecule has 1 fully saturated rings. The maximum atomic E-state index is 13.6. The number of ether oxygens (including phenoxy) is 2. The van der Waals surface area contributed by atoms with E-state index in [0.717, 1.165) is 36.8 Å². The molecule has 3 aliphatic rings. The number of hydrogen-bond acceptors (Lipinski definition) is 9. The Bertz CT molecular complexity index is 1400. The van der Waals surface area contributed by atoms with Crippen LogP contribution in [0.25, 0.3) is 0 Å². The number of amides is 1. The SMILES string of the molecule is C=C(O)/C=C\C(=C\OC(N)COC1C=C2C(=CC1SC)C(C1=CCCC=C1)CC(CCC)NS2(=O)=O)CC(=O)N[C@@H](C)C(=O)O. The Morgan fingerprint density at radius 2 is 2.02 bits per heavy atom. The summed E-state index contributed by atoms with van der Waals surface area (Å²) in [6.07, 6.45) is 18.3. The van der Waals surface area contributed by atoms with Crippen LogP contribution in [-0.2, 0) is 29.1 Å². The Balaban J connectivity index is 1.78. The van der Waals surface area contributed by atoms with Crippen LogP contribution in [-0.4, -0.2) is 73.0 Å². The van der Waals surface area contributed by atoms with Gasteiger partial charge >= 0.3 is 5.97 Å². The van der Waals surface area contributed by atoms with E-state index >= 15 is 0 Å².